The van der Waals surface area contributed by atoms with Crippen molar-refractivity contribution in [2.45, 2.75) is 38.0 Å². The lowest BCUT2D eigenvalue weighted by Gasteiger charge is -2.28. The first-order valence-electron chi connectivity index (χ1n) is 10.4. The van der Waals surface area contributed by atoms with Gasteiger partial charge in [0, 0.05) is 23.5 Å². The van der Waals surface area contributed by atoms with Crippen molar-refractivity contribution >= 4 is 0 Å². The molecule has 4 rings (SSSR count). The van der Waals surface area contributed by atoms with Gasteiger partial charge in [-0.1, -0.05) is 30.3 Å². The van der Waals surface area contributed by atoms with Crippen molar-refractivity contribution in [1.82, 2.24) is 9.97 Å². The lowest BCUT2D eigenvalue weighted by molar-refractivity contribution is 0.328. The molecule has 1 aliphatic rings. The summed E-state index contributed by atoms with van der Waals surface area (Å²) in [5.74, 6) is 1.33. The lowest BCUT2D eigenvalue weighted by atomic mass is 9.77. The molecule has 30 heavy (non-hydrogen) atoms. The van der Waals surface area contributed by atoms with Gasteiger partial charge in [-0.15, -0.1) is 6.58 Å². The molecule has 0 atom stereocenters. The van der Waals surface area contributed by atoms with Crippen LogP contribution < -0.4 is 0 Å². The van der Waals surface area contributed by atoms with Gasteiger partial charge >= 0.3 is 0 Å². The van der Waals surface area contributed by atoms with Gasteiger partial charge in [0.05, 0.1) is 5.56 Å². The third kappa shape index (κ3) is 4.31. The summed E-state index contributed by atoms with van der Waals surface area (Å²) in [6, 6.07) is 14.9. The predicted molar refractivity (Wildman–Crippen MR) is 117 cm³/mol. The van der Waals surface area contributed by atoms with Crippen molar-refractivity contribution in [2.75, 3.05) is 0 Å². The molecule has 0 amide bonds. The quantitative estimate of drug-likeness (QED) is 0.452. The summed E-state index contributed by atoms with van der Waals surface area (Å²) in [5.41, 5.74) is 3.97. The smallest absolute Gasteiger partial charge is 0.159 e. The minimum atomic E-state index is -0.559. The summed E-state index contributed by atoms with van der Waals surface area (Å²) in [7, 11) is 0. The van der Waals surface area contributed by atoms with Crippen molar-refractivity contribution in [3.8, 4) is 28.6 Å². The van der Waals surface area contributed by atoms with Crippen LogP contribution >= 0.6 is 0 Å². The molecule has 0 unspecified atom stereocenters. The minimum absolute atomic E-state index is 0.0182. The van der Waals surface area contributed by atoms with Crippen LogP contribution in [-0.4, -0.2) is 9.97 Å². The standard InChI is InChI=1S/C26H24FN3/c1-2-3-18-4-6-19(7-5-18)20-8-10-21(11-9-20)24-16-29-26(30-17-24)22-12-13-23(15-28)25(27)14-22/h2,8-14,16-19H,1,3-7H2. The fourth-order valence-corrected chi connectivity index (χ4v) is 4.29. The second-order valence-corrected chi connectivity index (χ2v) is 7.97. The number of halogens is 1. The highest BCUT2D eigenvalue weighted by atomic mass is 19.1. The van der Waals surface area contributed by atoms with Gasteiger partial charge < -0.3 is 0 Å². The van der Waals surface area contributed by atoms with Crippen molar-refractivity contribution < 1.29 is 4.39 Å². The first-order chi connectivity index (χ1) is 14.7. The second kappa shape index (κ2) is 9.00. The van der Waals surface area contributed by atoms with E-state index in [1.807, 2.05) is 12.1 Å². The molecule has 150 valence electrons. The van der Waals surface area contributed by atoms with Crippen LogP contribution in [0.4, 0.5) is 4.39 Å². The molecule has 4 heteroatoms. The van der Waals surface area contributed by atoms with E-state index >= 15 is 0 Å². The van der Waals surface area contributed by atoms with E-state index in [9.17, 15) is 4.39 Å². The van der Waals surface area contributed by atoms with Gasteiger partial charge in [0.25, 0.3) is 0 Å². The number of hydrogen-bond acceptors (Lipinski definition) is 3. The maximum absolute atomic E-state index is 13.8. The molecule has 0 bridgehead atoms. The highest BCUT2D eigenvalue weighted by Gasteiger charge is 2.21. The van der Waals surface area contributed by atoms with E-state index in [1.165, 1.54) is 43.4 Å². The zero-order valence-electron chi connectivity index (χ0n) is 16.9. The molecule has 0 spiro atoms. The van der Waals surface area contributed by atoms with E-state index in [4.69, 9.17) is 5.26 Å². The topological polar surface area (TPSA) is 49.6 Å². The van der Waals surface area contributed by atoms with E-state index in [1.54, 1.807) is 18.5 Å². The number of benzene rings is 2. The summed E-state index contributed by atoms with van der Waals surface area (Å²) in [4.78, 5) is 8.78. The van der Waals surface area contributed by atoms with Gasteiger partial charge in [-0.05, 0) is 73.3 Å². The molecule has 1 aliphatic carbocycles. The Balaban J connectivity index is 1.45. The average molecular weight is 397 g/mol. The zero-order chi connectivity index (χ0) is 20.9. The number of hydrogen-bond donors (Lipinski definition) is 0. The number of nitriles is 1. The van der Waals surface area contributed by atoms with Gasteiger partial charge in [0.2, 0.25) is 0 Å². The fraction of sp³-hybridized carbons (Fsp3) is 0.269. The largest absolute Gasteiger partial charge is 0.236 e. The van der Waals surface area contributed by atoms with Crippen molar-refractivity contribution in [3.63, 3.8) is 0 Å². The van der Waals surface area contributed by atoms with E-state index in [0.29, 0.717) is 17.3 Å². The minimum Gasteiger partial charge on any atom is -0.236 e. The molecular formula is C26H24FN3. The SMILES string of the molecule is C=CCC1CCC(c2ccc(-c3cnc(-c4ccc(C#N)c(F)c4)nc3)cc2)CC1. The van der Waals surface area contributed by atoms with Crippen LogP contribution in [0.15, 0.2) is 67.5 Å². The normalized spacial score (nSPS) is 18.5. The number of aromatic nitrogens is 2. The predicted octanol–water partition coefficient (Wildman–Crippen LogP) is 6.67. The molecule has 0 N–H and O–H groups in total. The Morgan fingerprint density at radius 1 is 0.967 bits per heavy atom. The van der Waals surface area contributed by atoms with Crippen LogP contribution in [0.1, 0.15) is 49.1 Å². The maximum atomic E-state index is 13.8. The van der Waals surface area contributed by atoms with Gasteiger partial charge in [-0.3, -0.25) is 0 Å². The number of allylic oxidation sites excluding steroid dienone is 1. The molecule has 3 aromatic rings. The maximum Gasteiger partial charge on any atom is 0.159 e. The average Bonchev–Trinajstić information content (AvgIpc) is 2.80. The highest BCUT2D eigenvalue weighted by molar-refractivity contribution is 5.64. The molecule has 0 radical (unpaired) electrons. The third-order valence-corrected chi connectivity index (χ3v) is 6.06. The lowest BCUT2D eigenvalue weighted by Crippen LogP contribution is -2.12. The Morgan fingerprint density at radius 2 is 1.63 bits per heavy atom. The molecule has 0 aliphatic heterocycles. The van der Waals surface area contributed by atoms with Crippen molar-refractivity contribution in [3.05, 3.63) is 84.5 Å². The molecule has 3 nitrogen and oxygen atoms in total. The summed E-state index contributed by atoms with van der Waals surface area (Å²) >= 11 is 0. The van der Waals surface area contributed by atoms with Crippen LogP contribution in [0.25, 0.3) is 22.5 Å². The summed E-state index contributed by atoms with van der Waals surface area (Å²) < 4.78 is 13.8. The molecule has 1 heterocycles. The summed E-state index contributed by atoms with van der Waals surface area (Å²) in [5, 5.41) is 8.85. The van der Waals surface area contributed by atoms with Crippen LogP contribution in [0.2, 0.25) is 0 Å². The Kier molecular flexibility index (Phi) is 5.99. The molecular weight excluding hydrogens is 373 g/mol. The Morgan fingerprint density at radius 3 is 2.23 bits per heavy atom. The van der Waals surface area contributed by atoms with E-state index in [2.05, 4.69) is 40.8 Å². The first-order valence-corrected chi connectivity index (χ1v) is 10.4. The van der Waals surface area contributed by atoms with Crippen LogP contribution in [0.3, 0.4) is 0 Å². The number of nitrogens with zero attached hydrogens (tertiary/aromatic N) is 3. The summed E-state index contributed by atoms with van der Waals surface area (Å²) in [6.45, 7) is 3.87. The highest BCUT2D eigenvalue weighted by Crippen LogP contribution is 2.37. The van der Waals surface area contributed by atoms with Crippen LogP contribution in [0.5, 0.6) is 0 Å². The van der Waals surface area contributed by atoms with E-state index in [0.717, 1.165) is 23.5 Å². The van der Waals surface area contributed by atoms with E-state index in [-0.39, 0.29) is 5.56 Å². The number of rotatable bonds is 5. The van der Waals surface area contributed by atoms with Gasteiger partial charge in [-0.25, -0.2) is 14.4 Å². The fourth-order valence-electron chi connectivity index (χ4n) is 4.29. The Hall–Kier alpha value is -3.32. The van der Waals surface area contributed by atoms with Crippen LogP contribution in [0, 0.1) is 23.1 Å². The third-order valence-electron chi connectivity index (χ3n) is 6.06. The molecule has 0 saturated heterocycles. The molecule has 2 aromatic carbocycles. The van der Waals surface area contributed by atoms with Crippen LogP contribution in [-0.2, 0) is 0 Å². The van der Waals surface area contributed by atoms with Crippen molar-refractivity contribution in [2.24, 2.45) is 5.92 Å². The molecule has 1 saturated carbocycles. The summed E-state index contributed by atoms with van der Waals surface area (Å²) in [6.07, 6.45) is 11.8. The van der Waals surface area contributed by atoms with Crippen molar-refractivity contribution in [1.29, 1.82) is 5.26 Å². The molecule has 1 aromatic heterocycles. The van der Waals surface area contributed by atoms with E-state index < -0.39 is 5.82 Å². The zero-order valence-corrected chi connectivity index (χ0v) is 16.9. The second-order valence-electron chi connectivity index (χ2n) is 7.97. The van der Waals surface area contributed by atoms with Gasteiger partial charge in [0.1, 0.15) is 11.9 Å². The monoisotopic (exact) mass is 397 g/mol. The molecule has 1 fully saturated rings. The van der Waals surface area contributed by atoms with Gasteiger partial charge in [0.15, 0.2) is 5.82 Å². The first kappa shape index (κ1) is 20.0. The Labute approximate surface area is 176 Å². The Bertz CT molecular complexity index is 1060. The van der Waals surface area contributed by atoms with Gasteiger partial charge in [-0.2, -0.15) is 5.26 Å².